The van der Waals surface area contributed by atoms with E-state index in [4.69, 9.17) is 0 Å². The number of rotatable bonds is 2. The molecule has 9 heavy (non-hydrogen) atoms. The van der Waals surface area contributed by atoms with Crippen molar-refractivity contribution < 1.29 is 9.22 Å². The number of carbonyl (C=O) groups excluding carboxylic acids is 1. The van der Waals surface area contributed by atoms with E-state index in [1.165, 1.54) is 6.08 Å². The lowest BCUT2D eigenvalue weighted by Crippen LogP contribution is -1.95. The Morgan fingerprint density at radius 1 is 1.67 bits per heavy atom. The second-order valence-corrected chi connectivity index (χ2v) is 2.52. The summed E-state index contributed by atoms with van der Waals surface area (Å²) in [6, 6.07) is 0. The van der Waals surface area contributed by atoms with Crippen molar-refractivity contribution in [3.05, 3.63) is 12.2 Å². The minimum absolute atomic E-state index is 0.314. The Balaban J connectivity index is 3.71. The summed E-state index contributed by atoms with van der Waals surface area (Å²) >= 11 is 4.68. The van der Waals surface area contributed by atoms with Gasteiger partial charge in [-0.05, 0) is 13.0 Å². The molecule has 0 atom stereocenters. The van der Waals surface area contributed by atoms with Crippen molar-refractivity contribution in [3.63, 3.8) is 0 Å². The predicted octanol–water partition coefficient (Wildman–Crippen LogP) is -0.244. The van der Waals surface area contributed by atoms with Gasteiger partial charge in [0, 0.05) is 10.9 Å². The van der Waals surface area contributed by atoms with Gasteiger partial charge in [-0.3, -0.25) is 0 Å². The van der Waals surface area contributed by atoms with Gasteiger partial charge in [0.15, 0.2) is 0 Å². The molecule has 0 aromatic heterocycles. The van der Waals surface area contributed by atoms with Crippen LogP contribution in [0.15, 0.2) is 12.2 Å². The van der Waals surface area contributed by atoms with Crippen LogP contribution >= 0.6 is 12.2 Å². The van der Waals surface area contributed by atoms with Gasteiger partial charge in [0.25, 0.3) is 0 Å². The highest BCUT2D eigenvalue weighted by Crippen LogP contribution is 1.80. The molecule has 0 aliphatic heterocycles. The van der Waals surface area contributed by atoms with Crippen molar-refractivity contribution in [2.75, 3.05) is 0 Å². The van der Waals surface area contributed by atoms with Crippen molar-refractivity contribution in [2.24, 2.45) is 0 Å². The Kier molecular flexibility index (Phi) is 4.16. The highest BCUT2D eigenvalue weighted by molar-refractivity contribution is 7.80. The highest BCUT2D eigenvalue weighted by Gasteiger charge is 1.87. The minimum Gasteiger partial charge on any atom is -0.526 e. The van der Waals surface area contributed by atoms with Gasteiger partial charge in [-0.25, -0.2) is 4.79 Å². The van der Waals surface area contributed by atoms with Gasteiger partial charge in [-0.2, -0.15) is 0 Å². The van der Waals surface area contributed by atoms with Crippen LogP contribution in [0.25, 0.3) is 0 Å². The van der Waals surface area contributed by atoms with E-state index in [1.807, 2.05) is 0 Å². The summed E-state index contributed by atoms with van der Waals surface area (Å²) in [6.07, 6.45) is 2.88. The molecule has 0 spiro atoms. The molecule has 0 rings (SSSR count). The largest absolute Gasteiger partial charge is 0.526 e. The average Bonchev–Trinajstić information content (AvgIpc) is 1.83. The van der Waals surface area contributed by atoms with Crippen LogP contribution in [0.4, 0.5) is 0 Å². The lowest BCUT2D eigenvalue weighted by atomic mass is 10.4. The first-order valence-corrected chi connectivity index (χ1v) is 3.66. The van der Waals surface area contributed by atoms with Crippen LogP contribution in [0.1, 0.15) is 6.92 Å². The van der Waals surface area contributed by atoms with Gasteiger partial charge in [-0.15, -0.1) is 0 Å². The molecule has 0 heterocycles. The van der Waals surface area contributed by atoms with Gasteiger partial charge >= 0.3 is 5.97 Å². The first-order valence-electron chi connectivity index (χ1n) is 2.43. The number of hydrogen-bond acceptors (Lipinski definition) is 3. The summed E-state index contributed by atoms with van der Waals surface area (Å²) in [7, 11) is 0.439. The van der Waals surface area contributed by atoms with Crippen LogP contribution in [0.5, 0.6) is 0 Å². The maximum atomic E-state index is 10.4. The molecular weight excluding hydrogens is 152 g/mol. The number of carbonyl (C=O) groups is 1. The molecule has 0 aliphatic carbocycles. The quantitative estimate of drug-likeness (QED) is 0.317. The molecule has 4 heteroatoms. The summed E-state index contributed by atoms with van der Waals surface area (Å²) in [6.45, 7) is 1.74. The third-order valence-corrected chi connectivity index (χ3v) is 1.19. The molecule has 0 saturated carbocycles. The number of allylic oxidation sites excluding steroid dienone is 1. The summed E-state index contributed by atoms with van der Waals surface area (Å²) in [5.74, 6) is -0.314. The van der Waals surface area contributed by atoms with Crippen LogP contribution in [0.2, 0.25) is 0 Å². The van der Waals surface area contributed by atoms with Crippen molar-refractivity contribution in [2.45, 2.75) is 6.92 Å². The zero-order valence-electron chi connectivity index (χ0n) is 5.38. The first-order chi connectivity index (χ1) is 4.16. The van der Waals surface area contributed by atoms with E-state index in [2.05, 4.69) is 16.6 Å². The molecule has 0 aromatic carbocycles. The second-order valence-electron chi connectivity index (χ2n) is 1.47. The Morgan fingerprint density at radius 3 is 2.56 bits per heavy atom. The normalized spacial score (nSPS) is 9.89. The van der Waals surface area contributed by atoms with E-state index in [1.54, 1.807) is 13.0 Å². The fourth-order valence-corrected chi connectivity index (χ4v) is 0.458. The Bertz CT molecular complexity index is 153. The van der Waals surface area contributed by atoms with E-state index < -0.39 is 0 Å². The first kappa shape index (κ1) is 8.52. The number of hydrogen-bond donors (Lipinski definition) is 0. The third kappa shape index (κ3) is 5.39. The van der Waals surface area contributed by atoms with E-state index in [-0.39, 0.29) is 5.97 Å². The molecule has 0 bridgehead atoms. The maximum absolute atomic E-state index is 10.4. The molecule has 0 aromatic rings. The fourth-order valence-electron chi connectivity index (χ4n) is 0.253. The predicted molar refractivity (Wildman–Crippen MR) is 43.4 cm³/mol. The van der Waals surface area contributed by atoms with E-state index >= 15 is 0 Å². The standard InChI is InChI=1S/C5H8O2SSi/c1-4(8)2-3-5(6)7-9/h2-3H,1,9H3. The SMILES string of the molecule is CC(=S)C=CC(=O)O[SiH3]. The molecule has 0 aliphatic rings. The van der Waals surface area contributed by atoms with Gasteiger partial charge < -0.3 is 4.43 Å². The highest BCUT2D eigenvalue weighted by atomic mass is 32.1. The van der Waals surface area contributed by atoms with E-state index in [0.29, 0.717) is 15.4 Å². The van der Waals surface area contributed by atoms with Gasteiger partial charge in [0.05, 0.1) is 0 Å². The third-order valence-electron chi connectivity index (χ3n) is 0.655. The Labute approximate surface area is 62.4 Å². The smallest absolute Gasteiger partial charge is 0.316 e. The lowest BCUT2D eigenvalue weighted by molar-refractivity contribution is -0.128. The van der Waals surface area contributed by atoms with Gasteiger partial charge in [-0.1, -0.05) is 12.2 Å². The summed E-state index contributed by atoms with van der Waals surface area (Å²) in [4.78, 5) is 11.1. The monoisotopic (exact) mass is 160 g/mol. The zero-order chi connectivity index (χ0) is 7.28. The summed E-state index contributed by atoms with van der Waals surface area (Å²) in [5, 5.41) is 0. The zero-order valence-corrected chi connectivity index (χ0v) is 8.20. The van der Waals surface area contributed by atoms with Crippen LogP contribution in [-0.4, -0.2) is 21.3 Å². The molecule has 0 N–H and O–H groups in total. The van der Waals surface area contributed by atoms with Crippen molar-refractivity contribution in [3.8, 4) is 0 Å². The van der Waals surface area contributed by atoms with Crippen LogP contribution in [0, 0.1) is 0 Å². The Morgan fingerprint density at radius 2 is 2.22 bits per heavy atom. The molecule has 0 radical (unpaired) electrons. The molecule has 0 unspecified atom stereocenters. The van der Waals surface area contributed by atoms with Crippen molar-refractivity contribution in [1.29, 1.82) is 0 Å². The summed E-state index contributed by atoms with van der Waals surface area (Å²) < 4.78 is 4.45. The number of thiocarbonyl (C=S) groups is 1. The van der Waals surface area contributed by atoms with Crippen LogP contribution in [0.3, 0.4) is 0 Å². The van der Waals surface area contributed by atoms with Crippen LogP contribution in [-0.2, 0) is 9.22 Å². The van der Waals surface area contributed by atoms with E-state index in [0.717, 1.165) is 0 Å². The molecule has 0 fully saturated rings. The Hall–Kier alpha value is -0.483. The molecule has 0 saturated heterocycles. The van der Waals surface area contributed by atoms with Gasteiger partial charge in [0.1, 0.15) is 0 Å². The maximum Gasteiger partial charge on any atom is 0.316 e. The average molecular weight is 160 g/mol. The second kappa shape index (κ2) is 4.40. The topological polar surface area (TPSA) is 26.3 Å². The van der Waals surface area contributed by atoms with Gasteiger partial charge in [0.2, 0.25) is 10.5 Å². The van der Waals surface area contributed by atoms with Crippen LogP contribution < -0.4 is 0 Å². The molecule has 0 amide bonds. The van der Waals surface area contributed by atoms with Crippen molar-refractivity contribution >= 4 is 33.5 Å². The molecule has 50 valence electrons. The van der Waals surface area contributed by atoms with Crippen molar-refractivity contribution in [1.82, 2.24) is 0 Å². The minimum atomic E-state index is -0.314. The summed E-state index contributed by atoms with van der Waals surface area (Å²) in [5.41, 5.74) is 0. The lowest BCUT2D eigenvalue weighted by Gasteiger charge is -1.88. The molecular formula is C5H8O2SSi. The fraction of sp³-hybridized carbons (Fsp3) is 0.200. The molecule has 2 nitrogen and oxygen atoms in total. The van der Waals surface area contributed by atoms with E-state index in [9.17, 15) is 4.79 Å².